The molecule has 3 heterocycles. The maximum atomic E-state index is 15.1. The zero-order chi connectivity index (χ0) is 20.5. The van der Waals surface area contributed by atoms with Crippen molar-refractivity contribution in [1.82, 2.24) is 19.7 Å². The fourth-order valence-corrected chi connectivity index (χ4v) is 4.01. The highest BCUT2D eigenvalue weighted by molar-refractivity contribution is 5.85. The fraction of sp³-hybridized carbons (Fsp3) is 0.217. The molecule has 0 spiro atoms. The van der Waals surface area contributed by atoms with Crippen molar-refractivity contribution < 1.29 is 9.13 Å². The lowest BCUT2D eigenvalue weighted by molar-refractivity contribution is 0.445. The lowest BCUT2D eigenvalue weighted by Crippen LogP contribution is -2.29. The minimum atomic E-state index is -0.417. The predicted octanol–water partition coefficient (Wildman–Crippen LogP) is 4.38. The SMILES string of the molecule is Nc1nccn2c(C3CCCNC3)nc(-c3ccc(Oc4ccccc4)cc3F)c12. The second-order valence-corrected chi connectivity index (χ2v) is 7.45. The van der Waals surface area contributed by atoms with Crippen LogP contribution in [0.1, 0.15) is 24.6 Å². The van der Waals surface area contributed by atoms with Gasteiger partial charge in [0.15, 0.2) is 0 Å². The summed E-state index contributed by atoms with van der Waals surface area (Å²) in [6, 6.07) is 14.1. The van der Waals surface area contributed by atoms with Crippen molar-refractivity contribution >= 4 is 11.3 Å². The molecule has 152 valence electrons. The van der Waals surface area contributed by atoms with Gasteiger partial charge in [-0.3, -0.25) is 4.40 Å². The van der Waals surface area contributed by atoms with Crippen LogP contribution in [0.5, 0.6) is 11.5 Å². The van der Waals surface area contributed by atoms with Crippen molar-refractivity contribution in [3.05, 3.63) is 72.6 Å². The van der Waals surface area contributed by atoms with E-state index in [2.05, 4.69) is 10.3 Å². The molecule has 1 unspecified atom stereocenters. The van der Waals surface area contributed by atoms with E-state index in [0.717, 1.165) is 31.8 Å². The molecule has 3 N–H and O–H groups in total. The van der Waals surface area contributed by atoms with Crippen molar-refractivity contribution in [3.8, 4) is 22.8 Å². The molecule has 0 saturated carbocycles. The van der Waals surface area contributed by atoms with Crippen LogP contribution < -0.4 is 15.8 Å². The van der Waals surface area contributed by atoms with Crippen molar-refractivity contribution in [2.75, 3.05) is 18.8 Å². The van der Waals surface area contributed by atoms with Gasteiger partial charge < -0.3 is 15.8 Å². The van der Waals surface area contributed by atoms with Crippen LogP contribution >= 0.6 is 0 Å². The van der Waals surface area contributed by atoms with Crippen LogP contribution in [0.2, 0.25) is 0 Å². The molecule has 0 radical (unpaired) electrons. The number of nitrogens with one attached hydrogen (secondary N) is 1. The Kier molecular flexibility index (Phi) is 4.80. The summed E-state index contributed by atoms with van der Waals surface area (Å²) < 4.78 is 22.8. The molecular weight excluding hydrogens is 381 g/mol. The molecule has 1 aliphatic rings. The molecule has 1 aliphatic heterocycles. The number of benzene rings is 2. The number of nitrogen functional groups attached to an aromatic ring is 1. The number of anilines is 1. The van der Waals surface area contributed by atoms with E-state index in [1.165, 1.54) is 6.07 Å². The molecule has 0 amide bonds. The number of hydrogen-bond acceptors (Lipinski definition) is 5. The molecule has 1 fully saturated rings. The van der Waals surface area contributed by atoms with Crippen molar-refractivity contribution in [3.63, 3.8) is 0 Å². The van der Waals surface area contributed by atoms with Gasteiger partial charge in [0, 0.05) is 36.5 Å². The Balaban J connectivity index is 1.57. The molecule has 0 aliphatic carbocycles. The monoisotopic (exact) mass is 403 g/mol. The highest BCUT2D eigenvalue weighted by Gasteiger charge is 2.25. The topological polar surface area (TPSA) is 77.5 Å². The summed E-state index contributed by atoms with van der Waals surface area (Å²) in [5.74, 6) is 2.11. The third kappa shape index (κ3) is 3.37. The van der Waals surface area contributed by atoms with E-state index in [9.17, 15) is 0 Å². The van der Waals surface area contributed by atoms with E-state index in [-0.39, 0.29) is 5.92 Å². The summed E-state index contributed by atoms with van der Waals surface area (Å²) in [5.41, 5.74) is 7.70. The second-order valence-electron chi connectivity index (χ2n) is 7.45. The molecule has 1 saturated heterocycles. The van der Waals surface area contributed by atoms with E-state index in [4.69, 9.17) is 15.5 Å². The van der Waals surface area contributed by atoms with Crippen LogP contribution in [0.3, 0.4) is 0 Å². The average Bonchev–Trinajstić information content (AvgIpc) is 3.16. The van der Waals surface area contributed by atoms with E-state index in [1.807, 2.05) is 40.9 Å². The summed E-state index contributed by atoms with van der Waals surface area (Å²) in [6.45, 7) is 1.85. The van der Waals surface area contributed by atoms with Gasteiger partial charge in [0.1, 0.15) is 40.2 Å². The number of nitrogens with two attached hydrogens (primary N) is 1. The van der Waals surface area contributed by atoms with Crippen LogP contribution in [0.15, 0.2) is 60.9 Å². The van der Waals surface area contributed by atoms with Gasteiger partial charge in [0.25, 0.3) is 0 Å². The average molecular weight is 403 g/mol. The van der Waals surface area contributed by atoms with Gasteiger partial charge in [0.05, 0.1) is 0 Å². The molecular formula is C23H22FN5O. The van der Waals surface area contributed by atoms with Crippen LogP contribution in [-0.4, -0.2) is 27.5 Å². The van der Waals surface area contributed by atoms with E-state index < -0.39 is 5.82 Å². The lowest BCUT2D eigenvalue weighted by atomic mass is 9.99. The third-order valence-electron chi connectivity index (χ3n) is 5.45. The fourth-order valence-electron chi connectivity index (χ4n) is 4.01. The number of rotatable bonds is 4. The van der Waals surface area contributed by atoms with Gasteiger partial charge in [-0.1, -0.05) is 18.2 Å². The lowest BCUT2D eigenvalue weighted by Gasteiger charge is -2.21. The number of nitrogens with zero attached hydrogens (tertiary/aromatic N) is 3. The van der Waals surface area contributed by atoms with Crippen LogP contribution in [0.4, 0.5) is 10.2 Å². The molecule has 1 atom stereocenters. The van der Waals surface area contributed by atoms with E-state index in [1.54, 1.807) is 18.3 Å². The third-order valence-corrected chi connectivity index (χ3v) is 5.45. The minimum Gasteiger partial charge on any atom is -0.457 e. The Bertz CT molecular complexity index is 1190. The van der Waals surface area contributed by atoms with E-state index >= 15 is 4.39 Å². The minimum absolute atomic E-state index is 0.241. The largest absolute Gasteiger partial charge is 0.457 e. The predicted molar refractivity (Wildman–Crippen MR) is 114 cm³/mol. The number of imidazole rings is 1. The Labute approximate surface area is 173 Å². The number of hydrogen-bond donors (Lipinski definition) is 2. The number of piperidine rings is 1. The first kappa shape index (κ1) is 18.6. The van der Waals surface area contributed by atoms with Crippen LogP contribution in [0, 0.1) is 5.82 Å². The van der Waals surface area contributed by atoms with Gasteiger partial charge in [-0.25, -0.2) is 14.4 Å². The molecule has 6 nitrogen and oxygen atoms in total. The number of halogens is 1. The Morgan fingerprint density at radius 3 is 2.77 bits per heavy atom. The Hall–Kier alpha value is -3.45. The molecule has 0 bridgehead atoms. The summed E-state index contributed by atoms with van der Waals surface area (Å²) in [7, 11) is 0. The molecule has 5 rings (SSSR count). The number of ether oxygens (including phenoxy) is 1. The quantitative estimate of drug-likeness (QED) is 0.529. The highest BCUT2D eigenvalue weighted by atomic mass is 19.1. The smallest absolute Gasteiger partial charge is 0.150 e. The summed E-state index contributed by atoms with van der Waals surface area (Å²) >= 11 is 0. The molecule has 7 heteroatoms. The summed E-state index contributed by atoms with van der Waals surface area (Å²) in [4.78, 5) is 9.05. The van der Waals surface area contributed by atoms with Crippen molar-refractivity contribution in [2.24, 2.45) is 0 Å². The molecule has 2 aromatic heterocycles. The van der Waals surface area contributed by atoms with Crippen molar-refractivity contribution in [1.29, 1.82) is 0 Å². The zero-order valence-corrected chi connectivity index (χ0v) is 16.4. The molecule has 2 aromatic carbocycles. The summed E-state index contributed by atoms with van der Waals surface area (Å²) in [6.07, 6.45) is 5.60. The van der Waals surface area contributed by atoms with Gasteiger partial charge in [0.2, 0.25) is 0 Å². The first-order valence-electron chi connectivity index (χ1n) is 10.1. The maximum Gasteiger partial charge on any atom is 0.150 e. The van der Waals surface area contributed by atoms with Gasteiger partial charge in [-0.2, -0.15) is 0 Å². The Morgan fingerprint density at radius 1 is 1.13 bits per heavy atom. The van der Waals surface area contributed by atoms with Crippen LogP contribution in [0.25, 0.3) is 16.8 Å². The first-order valence-corrected chi connectivity index (χ1v) is 10.1. The van der Waals surface area contributed by atoms with Gasteiger partial charge in [-0.05, 0) is 43.7 Å². The first-order chi connectivity index (χ1) is 14.7. The molecule has 4 aromatic rings. The van der Waals surface area contributed by atoms with Crippen molar-refractivity contribution in [2.45, 2.75) is 18.8 Å². The number of aromatic nitrogens is 3. The molecule has 30 heavy (non-hydrogen) atoms. The highest BCUT2D eigenvalue weighted by Crippen LogP contribution is 2.35. The second kappa shape index (κ2) is 7.76. The maximum absolute atomic E-state index is 15.1. The Morgan fingerprint density at radius 2 is 2.00 bits per heavy atom. The standard InChI is InChI=1S/C23H22FN5O/c24-19-13-17(30-16-6-2-1-3-7-16)8-9-18(19)20-21-22(25)27-11-12-29(21)23(28-20)15-5-4-10-26-14-15/h1-3,6-9,11-13,15,26H,4-5,10,14H2,(H2,25,27). The summed E-state index contributed by atoms with van der Waals surface area (Å²) in [5, 5.41) is 3.41. The van der Waals surface area contributed by atoms with E-state index in [0.29, 0.717) is 34.1 Å². The van der Waals surface area contributed by atoms with Gasteiger partial charge in [-0.15, -0.1) is 0 Å². The number of fused-ring (bicyclic) bond motifs is 1. The zero-order valence-electron chi connectivity index (χ0n) is 16.4. The number of para-hydroxylation sites is 1. The normalized spacial score (nSPS) is 16.6. The van der Waals surface area contributed by atoms with Gasteiger partial charge >= 0.3 is 0 Å². The van der Waals surface area contributed by atoms with Crippen LogP contribution in [-0.2, 0) is 0 Å².